The van der Waals surface area contributed by atoms with Gasteiger partial charge in [0.25, 0.3) is 0 Å². The van der Waals surface area contributed by atoms with Crippen LogP contribution in [0.5, 0.6) is 0 Å². The van der Waals surface area contributed by atoms with Gasteiger partial charge in [0.05, 0.1) is 12.2 Å². The third kappa shape index (κ3) is 1.56. The molecule has 3 unspecified atom stereocenters. The molecular weight excluding hydrogens is 148 g/mol. The van der Waals surface area contributed by atoms with E-state index in [2.05, 4.69) is 26.0 Å². The molecule has 0 radical (unpaired) electrons. The molecule has 12 heavy (non-hydrogen) atoms. The Bertz CT molecular complexity index is 191. The fraction of sp³-hybridized carbons (Fsp3) is 0.818. The van der Waals surface area contributed by atoms with Crippen molar-refractivity contribution in [2.24, 2.45) is 11.8 Å². The highest BCUT2D eigenvalue weighted by Gasteiger charge is 2.46. The van der Waals surface area contributed by atoms with E-state index in [0.29, 0.717) is 0 Å². The predicted octanol–water partition coefficient (Wildman–Crippen LogP) is 2.77. The maximum atomic E-state index is 5.49. The van der Waals surface area contributed by atoms with Crippen molar-refractivity contribution in [3.63, 3.8) is 0 Å². The fourth-order valence-corrected chi connectivity index (χ4v) is 2.06. The summed E-state index contributed by atoms with van der Waals surface area (Å²) in [5.41, 5.74) is 0.244. The average Bonchev–Trinajstić information content (AvgIpc) is 2.77. The molecule has 0 saturated carbocycles. The molecule has 1 saturated heterocycles. The molecule has 3 atom stereocenters. The van der Waals surface area contributed by atoms with Crippen LogP contribution in [-0.4, -0.2) is 12.2 Å². The van der Waals surface area contributed by atoms with Crippen molar-refractivity contribution in [2.75, 3.05) is 6.61 Å². The van der Waals surface area contributed by atoms with Crippen molar-refractivity contribution in [3.8, 4) is 0 Å². The normalized spacial score (nSPS) is 47.2. The Morgan fingerprint density at radius 2 is 2.17 bits per heavy atom. The number of epoxide rings is 1. The molecule has 0 spiro atoms. The molecule has 1 heteroatoms. The molecular formula is C11H18O. The summed E-state index contributed by atoms with van der Waals surface area (Å²) in [6, 6.07) is 0. The minimum absolute atomic E-state index is 0.244. The Hall–Kier alpha value is -0.300. The third-order valence-electron chi connectivity index (χ3n) is 3.32. The molecule has 1 fully saturated rings. The first-order chi connectivity index (χ1) is 5.71. The summed E-state index contributed by atoms with van der Waals surface area (Å²) in [7, 11) is 0. The second-order valence-electron chi connectivity index (χ2n) is 4.52. The Kier molecular flexibility index (Phi) is 1.99. The van der Waals surface area contributed by atoms with Crippen LogP contribution in [0, 0.1) is 11.8 Å². The first-order valence-electron chi connectivity index (χ1n) is 5.01. The van der Waals surface area contributed by atoms with Crippen LogP contribution in [0.1, 0.15) is 33.1 Å². The van der Waals surface area contributed by atoms with E-state index in [1.165, 1.54) is 19.3 Å². The summed E-state index contributed by atoms with van der Waals surface area (Å²) in [6.45, 7) is 5.54. The molecule has 0 N–H and O–H groups in total. The minimum atomic E-state index is 0.244. The smallest absolute Gasteiger partial charge is 0.0919 e. The molecule has 2 aliphatic rings. The Morgan fingerprint density at radius 3 is 2.83 bits per heavy atom. The number of rotatable bonds is 1. The zero-order valence-electron chi connectivity index (χ0n) is 8.05. The lowest BCUT2D eigenvalue weighted by Gasteiger charge is -2.17. The van der Waals surface area contributed by atoms with E-state index in [4.69, 9.17) is 4.74 Å². The summed E-state index contributed by atoms with van der Waals surface area (Å²) >= 11 is 0. The molecule has 0 aromatic rings. The van der Waals surface area contributed by atoms with Crippen molar-refractivity contribution >= 4 is 0 Å². The van der Waals surface area contributed by atoms with Gasteiger partial charge in [-0.05, 0) is 38.0 Å². The topological polar surface area (TPSA) is 12.5 Å². The van der Waals surface area contributed by atoms with Crippen LogP contribution in [-0.2, 0) is 4.74 Å². The van der Waals surface area contributed by atoms with Crippen LogP contribution in [0.2, 0.25) is 0 Å². The van der Waals surface area contributed by atoms with Crippen LogP contribution >= 0.6 is 0 Å². The van der Waals surface area contributed by atoms with Gasteiger partial charge in [-0.2, -0.15) is 0 Å². The van der Waals surface area contributed by atoms with Gasteiger partial charge in [0.2, 0.25) is 0 Å². The second kappa shape index (κ2) is 2.88. The summed E-state index contributed by atoms with van der Waals surface area (Å²) < 4.78 is 5.49. The molecule has 2 rings (SSSR count). The van der Waals surface area contributed by atoms with E-state index in [-0.39, 0.29) is 5.60 Å². The summed E-state index contributed by atoms with van der Waals surface area (Å²) in [5, 5.41) is 0. The van der Waals surface area contributed by atoms with Crippen LogP contribution in [0.15, 0.2) is 12.2 Å². The van der Waals surface area contributed by atoms with Gasteiger partial charge in [0.15, 0.2) is 0 Å². The van der Waals surface area contributed by atoms with Gasteiger partial charge < -0.3 is 4.74 Å². The highest BCUT2D eigenvalue weighted by Crippen LogP contribution is 2.41. The van der Waals surface area contributed by atoms with E-state index < -0.39 is 0 Å². The molecule has 1 heterocycles. The number of hydrogen-bond donors (Lipinski definition) is 0. The van der Waals surface area contributed by atoms with Crippen molar-refractivity contribution in [3.05, 3.63) is 12.2 Å². The van der Waals surface area contributed by atoms with Crippen molar-refractivity contribution in [1.29, 1.82) is 0 Å². The van der Waals surface area contributed by atoms with Crippen LogP contribution < -0.4 is 0 Å². The van der Waals surface area contributed by atoms with Gasteiger partial charge in [0, 0.05) is 0 Å². The number of hydrogen-bond acceptors (Lipinski definition) is 1. The maximum absolute atomic E-state index is 5.49. The van der Waals surface area contributed by atoms with Gasteiger partial charge in [-0.1, -0.05) is 19.1 Å². The van der Waals surface area contributed by atoms with Crippen LogP contribution in [0.25, 0.3) is 0 Å². The predicted molar refractivity (Wildman–Crippen MR) is 50.0 cm³/mol. The molecule has 68 valence electrons. The zero-order valence-corrected chi connectivity index (χ0v) is 8.05. The molecule has 1 aliphatic carbocycles. The molecule has 1 nitrogen and oxygen atoms in total. The number of allylic oxidation sites excluding steroid dienone is 2. The molecule has 0 aromatic carbocycles. The van der Waals surface area contributed by atoms with Crippen molar-refractivity contribution < 1.29 is 4.74 Å². The van der Waals surface area contributed by atoms with E-state index in [0.717, 1.165) is 18.4 Å². The summed E-state index contributed by atoms with van der Waals surface area (Å²) in [5.74, 6) is 1.55. The first-order valence-corrected chi connectivity index (χ1v) is 5.01. The average molecular weight is 166 g/mol. The van der Waals surface area contributed by atoms with E-state index in [1.807, 2.05) is 0 Å². The van der Waals surface area contributed by atoms with Gasteiger partial charge in [-0.3, -0.25) is 0 Å². The highest BCUT2D eigenvalue weighted by molar-refractivity contribution is 5.01. The lowest BCUT2D eigenvalue weighted by Crippen LogP contribution is -2.19. The van der Waals surface area contributed by atoms with Gasteiger partial charge >= 0.3 is 0 Å². The highest BCUT2D eigenvalue weighted by atomic mass is 16.6. The van der Waals surface area contributed by atoms with E-state index in [9.17, 15) is 0 Å². The van der Waals surface area contributed by atoms with Crippen LogP contribution in [0.4, 0.5) is 0 Å². The SMILES string of the molecule is CC1C=CCC(C2(C)CO2)CC1. The number of ether oxygens (including phenoxy) is 1. The molecule has 0 amide bonds. The Balaban J connectivity index is 1.96. The minimum Gasteiger partial charge on any atom is -0.370 e. The lowest BCUT2D eigenvalue weighted by molar-refractivity contribution is 0.222. The lowest BCUT2D eigenvalue weighted by atomic mass is 9.87. The molecule has 0 aromatic heterocycles. The van der Waals surface area contributed by atoms with Crippen LogP contribution in [0.3, 0.4) is 0 Å². The largest absolute Gasteiger partial charge is 0.370 e. The fourth-order valence-electron chi connectivity index (χ4n) is 2.06. The monoisotopic (exact) mass is 166 g/mol. The molecule has 1 aliphatic heterocycles. The van der Waals surface area contributed by atoms with Gasteiger partial charge in [-0.25, -0.2) is 0 Å². The maximum Gasteiger partial charge on any atom is 0.0919 e. The standard InChI is InChI=1S/C11H18O/c1-9-4-3-5-10(7-6-9)11(2)8-12-11/h3-4,9-10H,5-8H2,1-2H3. The van der Waals surface area contributed by atoms with Gasteiger partial charge in [-0.15, -0.1) is 0 Å². The third-order valence-corrected chi connectivity index (χ3v) is 3.32. The Morgan fingerprint density at radius 1 is 1.42 bits per heavy atom. The second-order valence-corrected chi connectivity index (χ2v) is 4.52. The van der Waals surface area contributed by atoms with E-state index >= 15 is 0 Å². The summed E-state index contributed by atoms with van der Waals surface area (Å²) in [4.78, 5) is 0. The quantitative estimate of drug-likeness (QED) is 0.431. The van der Waals surface area contributed by atoms with Crippen molar-refractivity contribution in [2.45, 2.75) is 38.7 Å². The molecule has 0 bridgehead atoms. The first kappa shape index (κ1) is 8.31. The summed E-state index contributed by atoms with van der Waals surface area (Å²) in [6.07, 6.45) is 8.59. The Labute approximate surface area is 74.8 Å². The zero-order chi connectivity index (χ0) is 8.60. The van der Waals surface area contributed by atoms with E-state index in [1.54, 1.807) is 0 Å². The van der Waals surface area contributed by atoms with Gasteiger partial charge in [0.1, 0.15) is 0 Å². The van der Waals surface area contributed by atoms with Crippen molar-refractivity contribution in [1.82, 2.24) is 0 Å².